The highest BCUT2D eigenvalue weighted by Gasteiger charge is 2.14. The van der Waals surface area contributed by atoms with Crippen molar-refractivity contribution in [1.82, 2.24) is 15.3 Å². The average Bonchev–Trinajstić information content (AvgIpc) is 3.10. The third kappa shape index (κ3) is 2.90. The fourth-order valence-corrected chi connectivity index (χ4v) is 1.98. The third-order valence-corrected chi connectivity index (χ3v) is 2.93. The van der Waals surface area contributed by atoms with E-state index >= 15 is 0 Å². The van der Waals surface area contributed by atoms with E-state index in [9.17, 15) is 0 Å². The molecule has 0 saturated heterocycles. The minimum Gasteiger partial charge on any atom is -0.489 e. The van der Waals surface area contributed by atoms with Crippen molar-refractivity contribution in [3.63, 3.8) is 0 Å². The summed E-state index contributed by atoms with van der Waals surface area (Å²) < 4.78 is 15.5. The number of hydrogen-bond acceptors (Lipinski definition) is 6. The van der Waals surface area contributed by atoms with Gasteiger partial charge in [0.25, 0.3) is 5.89 Å². The van der Waals surface area contributed by atoms with Crippen LogP contribution in [0.3, 0.4) is 0 Å². The molecular weight excluding hydrogens is 294 g/mol. The second-order valence-corrected chi connectivity index (χ2v) is 5.03. The highest BCUT2D eigenvalue weighted by Crippen LogP contribution is 2.30. The number of halogens is 1. The Morgan fingerprint density at radius 3 is 2.71 bits per heavy atom. The summed E-state index contributed by atoms with van der Waals surface area (Å²) in [6, 6.07) is 6.98. The van der Waals surface area contributed by atoms with E-state index in [-0.39, 0.29) is 12.0 Å². The van der Waals surface area contributed by atoms with Crippen molar-refractivity contribution >= 4 is 11.6 Å². The van der Waals surface area contributed by atoms with Crippen LogP contribution in [0.2, 0.25) is 5.02 Å². The molecule has 0 fully saturated rings. The van der Waals surface area contributed by atoms with Crippen LogP contribution in [0.15, 0.2) is 39.6 Å². The zero-order valence-electron chi connectivity index (χ0n) is 11.4. The van der Waals surface area contributed by atoms with Gasteiger partial charge in [-0.25, -0.2) is 0 Å². The van der Waals surface area contributed by atoms with Gasteiger partial charge in [-0.3, -0.25) is 0 Å². The molecule has 0 aliphatic heterocycles. The lowest BCUT2D eigenvalue weighted by Crippen LogP contribution is -2.05. The number of nitrogens with zero attached hydrogens (tertiary/aromatic N) is 3. The lowest BCUT2D eigenvalue weighted by atomic mass is 10.2. The first-order valence-corrected chi connectivity index (χ1v) is 6.72. The number of hydrogen-bond donors (Lipinski definition) is 0. The van der Waals surface area contributed by atoms with Crippen LogP contribution in [-0.2, 0) is 0 Å². The Morgan fingerprint density at radius 1 is 1.19 bits per heavy atom. The van der Waals surface area contributed by atoms with Gasteiger partial charge in [-0.05, 0) is 32.0 Å². The van der Waals surface area contributed by atoms with E-state index in [2.05, 4.69) is 15.3 Å². The highest BCUT2D eigenvalue weighted by atomic mass is 35.5. The molecule has 7 heteroatoms. The Morgan fingerprint density at radius 2 is 2.05 bits per heavy atom. The van der Waals surface area contributed by atoms with Crippen LogP contribution in [0.4, 0.5) is 0 Å². The first-order valence-electron chi connectivity index (χ1n) is 6.34. The molecule has 0 spiro atoms. The van der Waals surface area contributed by atoms with Gasteiger partial charge in [-0.1, -0.05) is 21.9 Å². The normalized spacial score (nSPS) is 11.0. The Kier molecular flexibility index (Phi) is 3.62. The van der Waals surface area contributed by atoms with Gasteiger partial charge in [0, 0.05) is 11.6 Å². The first kappa shape index (κ1) is 13.6. The van der Waals surface area contributed by atoms with Crippen LogP contribution in [0.1, 0.15) is 13.8 Å². The smallest absolute Gasteiger partial charge is 0.280 e. The largest absolute Gasteiger partial charge is 0.489 e. The second kappa shape index (κ2) is 5.57. The summed E-state index contributed by atoms with van der Waals surface area (Å²) in [4.78, 5) is 4.25. The fourth-order valence-electron chi connectivity index (χ4n) is 1.76. The summed E-state index contributed by atoms with van der Waals surface area (Å²) in [6.45, 7) is 3.88. The molecule has 1 aromatic carbocycles. The summed E-state index contributed by atoms with van der Waals surface area (Å²) in [5.41, 5.74) is 1.22. The Labute approximate surface area is 125 Å². The average molecular weight is 306 g/mol. The molecule has 2 aromatic heterocycles. The van der Waals surface area contributed by atoms with E-state index in [0.717, 1.165) is 5.56 Å². The van der Waals surface area contributed by atoms with Gasteiger partial charge in [-0.2, -0.15) is 4.98 Å². The summed E-state index contributed by atoms with van der Waals surface area (Å²) in [5.74, 6) is 1.33. The molecule has 3 rings (SSSR count). The van der Waals surface area contributed by atoms with E-state index in [1.165, 1.54) is 6.26 Å². The Balaban J connectivity index is 1.89. The van der Waals surface area contributed by atoms with Crippen LogP contribution in [0.25, 0.3) is 23.0 Å². The van der Waals surface area contributed by atoms with Crippen molar-refractivity contribution < 1.29 is 13.8 Å². The highest BCUT2D eigenvalue weighted by molar-refractivity contribution is 6.32. The molecule has 6 nitrogen and oxygen atoms in total. The van der Waals surface area contributed by atoms with Crippen LogP contribution in [-0.4, -0.2) is 21.4 Å². The molecule has 0 radical (unpaired) electrons. The molecule has 0 aliphatic rings. The maximum atomic E-state index is 6.19. The van der Waals surface area contributed by atoms with Gasteiger partial charge < -0.3 is 13.8 Å². The summed E-state index contributed by atoms with van der Waals surface area (Å²) in [7, 11) is 0. The van der Waals surface area contributed by atoms with E-state index in [4.69, 9.17) is 25.4 Å². The molecule has 0 bridgehead atoms. The van der Waals surface area contributed by atoms with E-state index in [0.29, 0.717) is 22.3 Å². The van der Waals surface area contributed by atoms with E-state index in [1.54, 1.807) is 18.2 Å². The standard InChI is InChI=1S/C14H12ClN3O3/c1-8(2)20-12-4-3-9(7-10(12)15)13-16-14(21-18-13)11-5-6-19-17-11/h3-8H,1-2H3. The zero-order chi connectivity index (χ0) is 14.8. The predicted molar refractivity (Wildman–Crippen MR) is 76.0 cm³/mol. The van der Waals surface area contributed by atoms with Gasteiger partial charge >= 0.3 is 0 Å². The van der Waals surface area contributed by atoms with Crippen molar-refractivity contribution in [3.8, 4) is 28.7 Å². The molecule has 0 atom stereocenters. The molecule has 0 saturated carbocycles. The number of ether oxygens (including phenoxy) is 1. The topological polar surface area (TPSA) is 74.2 Å². The van der Waals surface area contributed by atoms with Crippen molar-refractivity contribution in [2.45, 2.75) is 20.0 Å². The molecule has 0 aliphatic carbocycles. The third-order valence-electron chi connectivity index (χ3n) is 2.64. The lowest BCUT2D eigenvalue weighted by molar-refractivity contribution is 0.242. The number of benzene rings is 1. The maximum Gasteiger partial charge on any atom is 0.280 e. The maximum absolute atomic E-state index is 6.19. The minimum absolute atomic E-state index is 0.0530. The zero-order valence-corrected chi connectivity index (χ0v) is 12.2. The lowest BCUT2D eigenvalue weighted by Gasteiger charge is -2.11. The van der Waals surface area contributed by atoms with Crippen LogP contribution in [0, 0.1) is 0 Å². The first-order chi connectivity index (χ1) is 10.1. The molecular formula is C14H12ClN3O3. The van der Waals surface area contributed by atoms with Gasteiger partial charge in [0.15, 0.2) is 5.69 Å². The SMILES string of the molecule is CC(C)Oc1ccc(-c2noc(-c3ccon3)n2)cc1Cl. The Hall–Kier alpha value is -2.34. The van der Waals surface area contributed by atoms with Gasteiger partial charge in [0.1, 0.15) is 12.0 Å². The Bertz CT molecular complexity index is 738. The minimum atomic E-state index is 0.0530. The molecule has 3 aromatic rings. The van der Waals surface area contributed by atoms with Gasteiger partial charge in [0.2, 0.25) is 5.82 Å². The molecule has 2 heterocycles. The molecule has 21 heavy (non-hydrogen) atoms. The van der Waals surface area contributed by atoms with Crippen LogP contribution < -0.4 is 4.74 Å². The summed E-state index contributed by atoms with van der Waals surface area (Å²) >= 11 is 6.19. The van der Waals surface area contributed by atoms with Crippen molar-refractivity contribution in [2.24, 2.45) is 0 Å². The van der Waals surface area contributed by atoms with E-state index < -0.39 is 0 Å². The summed E-state index contributed by atoms with van der Waals surface area (Å²) in [6.07, 6.45) is 1.49. The monoisotopic (exact) mass is 305 g/mol. The molecule has 0 amide bonds. The van der Waals surface area contributed by atoms with Crippen LogP contribution >= 0.6 is 11.6 Å². The van der Waals surface area contributed by atoms with Crippen molar-refractivity contribution in [2.75, 3.05) is 0 Å². The predicted octanol–water partition coefficient (Wildman–Crippen LogP) is 3.83. The van der Waals surface area contributed by atoms with E-state index in [1.807, 2.05) is 19.9 Å². The molecule has 0 N–H and O–H groups in total. The van der Waals surface area contributed by atoms with Crippen molar-refractivity contribution in [1.29, 1.82) is 0 Å². The van der Waals surface area contributed by atoms with Crippen molar-refractivity contribution in [3.05, 3.63) is 35.6 Å². The van der Waals surface area contributed by atoms with Gasteiger partial charge in [-0.15, -0.1) is 0 Å². The quantitative estimate of drug-likeness (QED) is 0.729. The number of aromatic nitrogens is 3. The second-order valence-electron chi connectivity index (χ2n) is 4.62. The molecule has 0 unspecified atom stereocenters. The number of rotatable bonds is 4. The van der Waals surface area contributed by atoms with Gasteiger partial charge in [0.05, 0.1) is 11.1 Å². The van der Waals surface area contributed by atoms with Crippen LogP contribution in [0.5, 0.6) is 5.75 Å². The summed E-state index contributed by atoms with van der Waals surface area (Å²) in [5, 5.41) is 8.14. The fraction of sp³-hybridized carbons (Fsp3) is 0.214. The molecule has 108 valence electrons.